The third kappa shape index (κ3) is 4.55. The molecule has 5 rings (SSSR count). The summed E-state index contributed by atoms with van der Waals surface area (Å²) >= 11 is 7.93. The van der Waals surface area contributed by atoms with Gasteiger partial charge in [0.15, 0.2) is 0 Å². The molecule has 2 aliphatic heterocycles. The van der Waals surface area contributed by atoms with Gasteiger partial charge < -0.3 is 5.11 Å². The van der Waals surface area contributed by atoms with Crippen molar-refractivity contribution >= 4 is 23.4 Å². The molecule has 3 aromatic carbocycles. The Bertz CT molecular complexity index is 986. The summed E-state index contributed by atoms with van der Waals surface area (Å²) in [6.45, 7) is 4.55. The summed E-state index contributed by atoms with van der Waals surface area (Å²) in [6.07, 6.45) is -0.487. The Morgan fingerprint density at radius 2 is 1.55 bits per heavy atom. The molecular weight excluding hydrogens is 424 g/mol. The molecule has 0 saturated carbocycles. The predicted molar refractivity (Wildman–Crippen MR) is 129 cm³/mol. The zero-order chi connectivity index (χ0) is 21.2. The van der Waals surface area contributed by atoms with Crippen molar-refractivity contribution in [2.45, 2.75) is 22.8 Å². The minimum atomic E-state index is -0.487. The zero-order valence-electron chi connectivity index (χ0n) is 17.5. The highest BCUT2D eigenvalue weighted by Gasteiger charge is 2.31. The lowest BCUT2D eigenvalue weighted by Gasteiger charge is -2.40. The van der Waals surface area contributed by atoms with Crippen molar-refractivity contribution in [3.63, 3.8) is 0 Å². The minimum Gasteiger partial charge on any atom is -0.387 e. The van der Waals surface area contributed by atoms with Gasteiger partial charge in [-0.3, -0.25) is 9.80 Å². The van der Waals surface area contributed by atoms with Crippen LogP contribution in [0.25, 0.3) is 0 Å². The summed E-state index contributed by atoms with van der Waals surface area (Å²) in [7, 11) is 0. The lowest BCUT2D eigenvalue weighted by atomic mass is 9.93. The average molecular weight is 451 g/mol. The van der Waals surface area contributed by atoms with Crippen LogP contribution in [0.1, 0.15) is 34.4 Å². The Hall–Kier alpha value is -1.82. The molecule has 160 valence electrons. The number of halogens is 1. The predicted octanol–water partition coefficient (Wildman–Crippen LogP) is 5.39. The second kappa shape index (κ2) is 9.35. The highest BCUT2D eigenvalue weighted by Crippen LogP contribution is 2.42. The summed E-state index contributed by atoms with van der Waals surface area (Å²) in [5.74, 6) is 1.02. The largest absolute Gasteiger partial charge is 0.387 e. The van der Waals surface area contributed by atoms with Gasteiger partial charge in [-0.15, -0.1) is 11.8 Å². The highest BCUT2D eigenvalue weighted by atomic mass is 35.5. The monoisotopic (exact) mass is 450 g/mol. The average Bonchev–Trinajstić information content (AvgIpc) is 2.97. The Kier molecular flexibility index (Phi) is 6.35. The molecule has 0 spiro atoms. The summed E-state index contributed by atoms with van der Waals surface area (Å²) < 4.78 is 0. The topological polar surface area (TPSA) is 26.7 Å². The zero-order valence-corrected chi connectivity index (χ0v) is 19.0. The number of fused-ring (bicyclic) bond motifs is 2. The molecule has 0 bridgehead atoms. The molecule has 0 aliphatic carbocycles. The van der Waals surface area contributed by atoms with E-state index in [1.807, 2.05) is 36.0 Å². The SMILES string of the molecule is O[C@@H](CN1CCN([C@@H]2c3ccccc3CSc3ccccc32)CC1)c1ccc(Cl)cc1. The maximum absolute atomic E-state index is 10.7. The maximum atomic E-state index is 10.7. The second-order valence-electron chi connectivity index (χ2n) is 8.33. The highest BCUT2D eigenvalue weighted by molar-refractivity contribution is 7.98. The molecule has 0 amide bonds. The van der Waals surface area contributed by atoms with E-state index >= 15 is 0 Å². The molecule has 1 N–H and O–H groups in total. The van der Waals surface area contributed by atoms with Crippen LogP contribution in [-0.2, 0) is 5.75 Å². The van der Waals surface area contributed by atoms with Gasteiger partial charge in [-0.1, -0.05) is 66.2 Å². The van der Waals surface area contributed by atoms with Crippen molar-refractivity contribution in [2.75, 3.05) is 32.7 Å². The van der Waals surface area contributed by atoms with E-state index in [-0.39, 0.29) is 0 Å². The smallest absolute Gasteiger partial charge is 0.0916 e. The molecule has 1 fully saturated rings. The van der Waals surface area contributed by atoms with E-state index in [9.17, 15) is 5.11 Å². The van der Waals surface area contributed by atoms with Gasteiger partial charge in [0.2, 0.25) is 0 Å². The number of nitrogens with zero attached hydrogens (tertiary/aromatic N) is 2. The van der Waals surface area contributed by atoms with Gasteiger partial charge in [0, 0.05) is 48.4 Å². The molecule has 1 saturated heterocycles. The van der Waals surface area contributed by atoms with Crippen molar-refractivity contribution in [1.82, 2.24) is 9.80 Å². The molecule has 5 heteroatoms. The van der Waals surface area contributed by atoms with E-state index in [0.29, 0.717) is 17.6 Å². The third-order valence-corrected chi connectivity index (χ3v) is 7.79. The molecule has 3 nitrogen and oxygen atoms in total. The normalized spacial score (nSPS) is 20.5. The molecule has 31 heavy (non-hydrogen) atoms. The van der Waals surface area contributed by atoms with E-state index in [4.69, 9.17) is 11.6 Å². The van der Waals surface area contributed by atoms with Gasteiger partial charge in [-0.25, -0.2) is 0 Å². The van der Waals surface area contributed by atoms with Crippen LogP contribution in [0.15, 0.2) is 77.7 Å². The first-order valence-electron chi connectivity index (χ1n) is 10.9. The number of hydrogen-bond acceptors (Lipinski definition) is 4. The van der Waals surface area contributed by atoms with Gasteiger partial charge in [0.05, 0.1) is 12.1 Å². The van der Waals surface area contributed by atoms with Crippen molar-refractivity contribution in [1.29, 1.82) is 0 Å². The van der Waals surface area contributed by atoms with Gasteiger partial charge in [-0.05, 0) is 40.5 Å². The van der Waals surface area contributed by atoms with Crippen molar-refractivity contribution in [3.05, 3.63) is 100 Å². The maximum Gasteiger partial charge on any atom is 0.0916 e. The van der Waals surface area contributed by atoms with E-state index in [1.165, 1.54) is 21.6 Å². The van der Waals surface area contributed by atoms with Gasteiger partial charge >= 0.3 is 0 Å². The summed E-state index contributed by atoms with van der Waals surface area (Å²) in [5.41, 5.74) is 5.23. The Morgan fingerprint density at radius 1 is 0.871 bits per heavy atom. The number of piperazine rings is 1. The lowest BCUT2D eigenvalue weighted by molar-refractivity contribution is 0.0619. The first-order chi connectivity index (χ1) is 15.2. The molecule has 2 aliphatic rings. The van der Waals surface area contributed by atoms with Gasteiger partial charge in [0.1, 0.15) is 0 Å². The van der Waals surface area contributed by atoms with Crippen LogP contribution < -0.4 is 0 Å². The standard InChI is InChI=1S/C26H27ClN2OS/c27-21-11-9-19(10-12-21)24(30)17-28-13-15-29(16-14-28)26-22-6-2-1-5-20(22)18-31-25-8-4-3-7-23(25)26/h1-12,24,26,30H,13-18H2/t24-,26+/m0/s1. The fourth-order valence-electron chi connectivity index (χ4n) is 4.73. The molecule has 0 unspecified atom stereocenters. The number of thioether (sulfide) groups is 1. The van der Waals surface area contributed by atoms with Crippen LogP contribution >= 0.6 is 23.4 Å². The molecule has 2 atom stereocenters. The first kappa shape index (κ1) is 21.0. The number of β-amino-alcohol motifs (C(OH)–C–C–N with tert-alkyl or cyclic N) is 1. The number of aliphatic hydroxyl groups excluding tert-OH is 1. The van der Waals surface area contributed by atoms with Crippen LogP contribution in [0.2, 0.25) is 5.02 Å². The fraction of sp³-hybridized carbons (Fsp3) is 0.308. The van der Waals surface area contributed by atoms with Crippen molar-refractivity contribution < 1.29 is 5.11 Å². The fourth-order valence-corrected chi connectivity index (χ4v) is 5.95. The molecule has 3 aromatic rings. The van der Waals surface area contributed by atoms with Crippen LogP contribution in [0, 0.1) is 0 Å². The van der Waals surface area contributed by atoms with Crippen molar-refractivity contribution in [2.24, 2.45) is 0 Å². The summed E-state index contributed by atoms with van der Waals surface area (Å²) in [6, 6.07) is 25.6. The minimum absolute atomic E-state index is 0.297. The number of rotatable bonds is 4. The van der Waals surface area contributed by atoms with E-state index in [2.05, 4.69) is 58.3 Å². The lowest BCUT2D eigenvalue weighted by Crippen LogP contribution is -2.48. The first-order valence-corrected chi connectivity index (χ1v) is 12.2. The Balaban J connectivity index is 1.32. The summed E-state index contributed by atoms with van der Waals surface area (Å²) in [4.78, 5) is 6.39. The van der Waals surface area contributed by atoms with Crippen molar-refractivity contribution in [3.8, 4) is 0 Å². The summed E-state index contributed by atoms with van der Waals surface area (Å²) in [5, 5.41) is 11.4. The van der Waals surface area contributed by atoms with Gasteiger partial charge in [-0.2, -0.15) is 0 Å². The molecule has 2 heterocycles. The number of benzene rings is 3. The Morgan fingerprint density at radius 3 is 2.32 bits per heavy atom. The van der Waals surface area contributed by atoms with Gasteiger partial charge in [0.25, 0.3) is 0 Å². The Labute approximate surface area is 193 Å². The molecule has 0 aromatic heterocycles. The number of aliphatic hydroxyl groups is 1. The van der Waals surface area contributed by atoms with E-state index < -0.39 is 6.10 Å². The number of hydrogen-bond donors (Lipinski definition) is 1. The van der Waals surface area contributed by atoms with Crippen LogP contribution in [0.3, 0.4) is 0 Å². The van der Waals surface area contributed by atoms with Crippen LogP contribution in [-0.4, -0.2) is 47.6 Å². The molecule has 0 radical (unpaired) electrons. The quantitative estimate of drug-likeness (QED) is 0.576. The second-order valence-corrected chi connectivity index (χ2v) is 9.79. The van der Waals surface area contributed by atoms with E-state index in [0.717, 1.165) is 37.5 Å². The van der Waals surface area contributed by atoms with Crippen LogP contribution in [0.4, 0.5) is 0 Å². The van der Waals surface area contributed by atoms with Crippen LogP contribution in [0.5, 0.6) is 0 Å². The third-order valence-electron chi connectivity index (χ3n) is 6.40. The van der Waals surface area contributed by atoms with E-state index in [1.54, 1.807) is 0 Å². The molecular formula is C26H27ClN2OS.